The molecule has 0 amide bonds. The summed E-state index contributed by atoms with van der Waals surface area (Å²) in [5.74, 6) is 0.489. The molecule has 4 N–H and O–H groups in total. The molecule has 178 valence electrons. The summed E-state index contributed by atoms with van der Waals surface area (Å²) >= 11 is 0. The molecule has 0 fully saturated rings. The van der Waals surface area contributed by atoms with Crippen LogP contribution in [0, 0.1) is 5.92 Å². The van der Waals surface area contributed by atoms with E-state index in [1.165, 1.54) is 0 Å². The van der Waals surface area contributed by atoms with Gasteiger partial charge in [-0.3, -0.25) is 4.99 Å². The highest BCUT2D eigenvalue weighted by Crippen LogP contribution is 2.24. The number of nitrogens with zero attached hydrogens (tertiary/aromatic N) is 2. The predicted octanol–water partition coefficient (Wildman–Crippen LogP) is 7.53. The van der Waals surface area contributed by atoms with E-state index in [1.807, 2.05) is 97.1 Å². The molecule has 3 aromatic carbocycles. The van der Waals surface area contributed by atoms with Gasteiger partial charge in [0.2, 0.25) is 0 Å². The Morgan fingerprint density at radius 2 is 1.03 bits per heavy atom. The van der Waals surface area contributed by atoms with Gasteiger partial charge in [-0.05, 0) is 103 Å². The van der Waals surface area contributed by atoms with Gasteiger partial charge < -0.3 is 16.4 Å². The Hall–Kier alpha value is -4.64. The summed E-state index contributed by atoms with van der Waals surface area (Å²) in [6.45, 7) is 2.17. The lowest BCUT2D eigenvalue weighted by Crippen LogP contribution is -2.07. The number of hydrogen-bond donors (Lipinski definition) is 3. The van der Waals surface area contributed by atoms with Crippen LogP contribution < -0.4 is 16.4 Å². The summed E-state index contributed by atoms with van der Waals surface area (Å²) < 4.78 is 0. The summed E-state index contributed by atoms with van der Waals surface area (Å²) in [4.78, 5) is 9.48. The first-order chi connectivity index (χ1) is 17.6. The van der Waals surface area contributed by atoms with Crippen molar-refractivity contribution in [1.82, 2.24) is 0 Å². The van der Waals surface area contributed by atoms with E-state index in [4.69, 9.17) is 15.7 Å². The first-order valence-corrected chi connectivity index (χ1v) is 12.1. The first-order valence-electron chi connectivity index (χ1n) is 12.1. The van der Waals surface area contributed by atoms with Crippen LogP contribution in [0.25, 0.3) is 0 Å². The number of nitrogens with two attached hydrogens (primary N) is 1. The van der Waals surface area contributed by atoms with E-state index < -0.39 is 0 Å². The normalized spacial score (nSPS) is 18.2. The number of allylic oxidation sites excluding steroid dienone is 6. The summed E-state index contributed by atoms with van der Waals surface area (Å²) in [5, 5.41) is 6.80. The van der Waals surface area contributed by atoms with E-state index in [-0.39, 0.29) is 6.04 Å². The third kappa shape index (κ3) is 6.27. The number of hydrogen-bond acceptors (Lipinski definition) is 5. The molecule has 2 aliphatic rings. The Morgan fingerprint density at radius 1 is 0.583 bits per heavy atom. The van der Waals surface area contributed by atoms with Gasteiger partial charge in [-0.2, -0.15) is 0 Å². The second-order valence-corrected chi connectivity index (χ2v) is 8.87. The van der Waals surface area contributed by atoms with Crippen molar-refractivity contribution >= 4 is 45.5 Å². The van der Waals surface area contributed by atoms with Crippen LogP contribution in [-0.2, 0) is 0 Å². The minimum absolute atomic E-state index is 0.111. The number of benzene rings is 3. The molecule has 0 unspecified atom stereocenters. The van der Waals surface area contributed by atoms with Crippen molar-refractivity contribution in [3.63, 3.8) is 0 Å². The molecule has 3 aromatic rings. The maximum absolute atomic E-state index is 5.75. The van der Waals surface area contributed by atoms with Gasteiger partial charge in [0.15, 0.2) is 0 Å². The van der Waals surface area contributed by atoms with Crippen molar-refractivity contribution in [2.45, 2.75) is 13.0 Å². The summed E-state index contributed by atoms with van der Waals surface area (Å²) in [5.41, 5.74) is 13.3. The van der Waals surface area contributed by atoms with Gasteiger partial charge in [-0.15, -0.1) is 0 Å². The Morgan fingerprint density at radius 3 is 1.56 bits per heavy atom. The molecule has 5 nitrogen and oxygen atoms in total. The van der Waals surface area contributed by atoms with E-state index in [2.05, 4.69) is 41.9 Å². The number of nitrogen functional groups attached to an aromatic ring is 1. The average Bonchev–Trinajstić information content (AvgIpc) is 2.90. The highest BCUT2D eigenvalue weighted by Gasteiger charge is 2.06. The van der Waals surface area contributed by atoms with Gasteiger partial charge in [0.1, 0.15) is 0 Å². The van der Waals surface area contributed by atoms with Crippen LogP contribution in [0.2, 0.25) is 0 Å². The molecule has 0 saturated heterocycles. The third-order valence-electron chi connectivity index (χ3n) is 5.87. The number of anilines is 5. The molecule has 0 atom stereocenters. The Bertz CT molecular complexity index is 1340. The van der Waals surface area contributed by atoms with Gasteiger partial charge in [-0.25, -0.2) is 4.99 Å². The summed E-state index contributed by atoms with van der Waals surface area (Å²) in [6.07, 6.45) is 16.7. The van der Waals surface area contributed by atoms with Crippen LogP contribution >= 0.6 is 0 Å². The van der Waals surface area contributed by atoms with E-state index in [1.54, 1.807) is 0 Å². The average molecular weight is 472 g/mol. The second-order valence-electron chi connectivity index (χ2n) is 8.87. The number of nitrogens with one attached hydrogen (secondary N) is 2. The van der Waals surface area contributed by atoms with Crippen molar-refractivity contribution in [3.8, 4) is 0 Å². The minimum atomic E-state index is 0.111. The van der Waals surface area contributed by atoms with Crippen LogP contribution in [0.15, 0.2) is 131 Å². The summed E-state index contributed by atoms with van der Waals surface area (Å²) in [7, 11) is 0. The lowest BCUT2D eigenvalue weighted by atomic mass is 10.0. The van der Waals surface area contributed by atoms with E-state index in [0.717, 1.165) is 45.5 Å². The fourth-order valence-electron chi connectivity index (χ4n) is 3.88. The standard InChI is InChI=1S/C31H29N5/c1-22-2-6-24(7-3-22)33-26-10-14-28(15-11-26)35-30-18-20-31(21-19-30)36-29-16-12-27(13-17-29)34-25-8-4-23(32)5-9-25/h2-22,24,34,36H,32H2,1H3. The Kier molecular flexibility index (Phi) is 6.90. The topological polar surface area (TPSA) is 74.8 Å². The number of aliphatic imine (C=N–C) groups is 2. The lowest BCUT2D eigenvalue weighted by molar-refractivity contribution is 0.869. The summed E-state index contributed by atoms with van der Waals surface area (Å²) in [6, 6.07) is 24.1. The highest BCUT2D eigenvalue weighted by atomic mass is 14.9. The smallest absolute Gasteiger partial charge is 0.0868 e. The van der Waals surface area contributed by atoms with Gasteiger partial charge in [0, 0.05) is 28.4 Å². The van der Waals surface area contributed by atoms with Crippen LogP contribution in [0.1, 0.15) is 6.92 Å². The second kappa shape index (κ2) is 10.7. The zero-order valence-electron chi connectivity index (χ0n) is 20.2. The maximum atomic E-state index is 5.75. The number of rotatable bonds is 6. The van der Waals surface area contributed by atoms with Crippen molar-refractivity contribution in [1.29, 1.82) is 0 Å². The minimum Gasteiger partial charge on any atom is -0.399 e. The van der Waals surface area contributed by atoms with Crippen LogP contribution in [0.3, 0.4) is 0 Å². The SMILES string of the molecule is CC1C=CC(N=C2C=CC(=Nc3ccc(Nc4ccc(Nc5ccc(N)cc5)cc4)cc3)C=C2)C=C1. The van der Waals surface area contributed by atoms with Crippen LogP contribution in [0.4, 0.5) is 34.1 Å². The molecule has 0 aliphatic heterocycles. The van der Waals surface area contributed by atoms with E-state index in [0.29, 0.717) is 5.92 Å². The molecule has 0 aromatic heterocycles. The molecule has 2 aliphatic carbocycles. The van der Waals surface area contributed by atoms with Crippen LogP contribution in [-0.4, -0.2) is 17.5 Å². The molecule has 0 heterocycles. The highest BCUT2D eigenvalue weighted by molar-refractivity contribution is 6.19. The Balaban J connectivity index is 1.16. The van der Waals surface area contributed by atoms with Crippen molar-refractivity contribution < 1.29 is 0 Å². The largest absolute Gasteiger partial charge is 0.399 e. The third-order valence-corrected chi connectivity index (χ3v) is 5.87. The molecule has 5 heteroatoms. The Labute approximate surface area is 212 Å². The predicted molar refractivity (Wildman–Crippen MR) is 154 cm³/mol. The zero-order valence-corrected chi connectivity index (χ0v) is 20.2. The van der Waals surface area contributed by atoms with Crippen molar-refractivity contribution in [2.24, 2.45) is 15.9 Å². The molecule has 0 saturated carbocycles. The fraction of sp³-hybridized carbons (Fsp3) is 0.0968. The monoisotopic (exact) mass is 471 g/mol. The van der Waals surface area contributed by atoms with Gasteiger partial charge in [0.05, 0.1) is 23.2 Å². The lowest BCUT2D eigenvalue weighted by Gasteiger charge is -2.11. The molecule has 0 bridgehead atoms. The molecule has 36 heavy (non-hydrogen) atoms. The van der Waals surface area contributed by atoms with Gasteiger partial charge >= 0.3 is 0 Å². The first kappa shape index (κ1) is 23.1. The van der Waals surface area contributed by atoms with Gasteiger partial charge in [0.25, 0.3) is 0 Å². The van der Waals surface area contributed by atoms with Crippen molar-refractivity contribution in [2.75, 3.05) is 16.4 Å². The van der Waals surface area contributed by atoms with Crippen molar-refractivity contribution in [3.05, 3.63) is 121 Å². The maximum Gasteiger partial charge on any atom is 0.0868 e. The van der Waals surface area contributed by atoms with E-state index >= 15 is 0 Å². The van der Waals surface area contributed by atoms with E-state index in [9.17, 15) is 0 Å². The zero-order chi connectivity index (χ0) is 24.7. The molecule has 0 radical (unpaired) electrons. The van der Waals surface area contributed by atoms with Crippen LogP contribution in [0.5, 0.6) is 0 Å². The molecular formula is C31H29N5. The molecule has 0 spiro atoms. The fourth-order valence-corrected chi connectivity index (χ4v) is 3.88. The molecular weight excluding hydrogens is 442 g/mol. The molecule has 5 rings (SSSR count). The quantitative estimate of drug-likeness (QED) is 0.198. The van der Waals surface area contributed by atoms with Gasteiger partial charge in [-0.1, -0.05) is 31.2 Å².